The van der Waals surface area contributed by atoms with E-state index in [4.69, 9.17) is 4.74 Å². The van der Waals surface area contributed by atoms with Gasteiger partial charge in [0.05, 0.1) is 6.61 Å². The predicted octanol–water partition coefficient (Wildman–Crippen LogP) is 4.21. The normalized spacial score (nSPS) is 10.5. The number of rotatable bonds is 5. The summed E-state index contributed by atoms with van der Waals surface area (Å²) in [6.45, 7) is 0.542. The van der Waals surface area contributed by atoms with E-state index in [1.54, 1.807) is 36.8 Å². The average Bonchev–Trinajstić information content (AvgIpc) is 3.11. The van der Waals surface area contributed by atoms with Crippen LogP contribution in [0.25, 0.3) is 10.6 Å². The Balaban J connectivity index is 1.67. The fourth-order valence-electron chi connectivity index (χ4n) is 2.18. The van der Waals surface area contributed by atoms with Gasteiger partial charge < -0.3 is 10.1 Å². The van der Waals surface area contributed by atoms with Crippen molar-refractivity contribution < 1.29 is 9.53 Å². The van der Waals surface area contributed by atoms with E-state index < -0.39 is 0 Å². The molecular formula is C18H16N2O2S. The maximum absolute atomic E-state index is 12.2. The number of benzene rings is 2. The Morgan fingerprint density at radius 3 is 2.48 bits per heavy atom. The van der Waals surface area contributed by atoms with Crippen molar-refractivity contribution >= 4 is 22.9 Å². The van der Waals surface area contributed by atoms with Crippen LogP contribution in [0.4, 0.5) is 5.69 Å². The van der Waals surface area contributed by atoms with Crippen LogP contribution < -0.4 is 5.32 Å². The number of aromatic nitrogens is 1. The van der Waals surface area contributed by atoms with Crippen LogP contribution in [0, 0.1) is 0 Å². The summed E-state index contributed by atoms with van der Waals surface area (Å²) in [4.78, 5) is 16.5. The summed E-state index contributed by atoms with van der Waals surface area (Å²) in [6, 6.07) is 15.1. The first-order valence-electron chi connectivity index (χ1n) is 7.15. The minimum absolute atomic E-state index is 0.129. The van der Waals surface area contributed by atoms with Gasteiger partial charge in [-0.25, -0.2) is 4.98 Å². The van der Waals surface area contributed by atoms with Crippen LogP contribution in [-0.2, 0) is 11.3 Å². The first-order valence-corrected chi connectivity index (χ1v) is 8.03. The van der Waals surface area contributed by atoms with Crippen LogP contribution in [0.3, 0.4) is 0 Å². The zero-order chi connectivity index (χ0) is 16.1. The first-order chi connectivity index (χ1) is 11.3. The van der Waals surface area contributed by atoms with Crippen LogP contribution in [0.5, 0.6) is 0 Å². The van der Waals surface area contributed by atoms with Gasteiger partial charge in [0.2, 0.25) is 0 Å². The van der Waals surface area contributed by atoms with E-state index >= 15 is 0 Å². The van der Waals surface area contributed by atoms with Gasteiger partial charge in [0.25, 0.3) is 5.91 Å². The van der Waals surface area contributed by atoms with Crippen LogP contribution >= 0.6 is 11.3 Å². The Labute approximate surface area is 138 Å². The molecule has 2 aromatic carbocycles. The highest BCUT2D eigenvalue weighted by molar-refractivity contribution is 7.13. The summed E-state index contributed by atoms with van der Waals surface area (Å²) in [6.07, 6.45) is 1.78. The highest BCUT2D eigenvalue weighted by Gasteiger charge is 2.07. The predicted molar refractivity (Wildman–Crippen MR) is 92.7 cm³/mol. The number of hydrogen-bond donors (Lipinski definition) is 1. The Kier molecular flexibility index (Phi) is 4.80. The number of methoxy groups -OCH3 is 1. The molecule has 0 spiro atoms. The Hall–Kier alpha value is -2.50. The number of nitrogens with one attached hydrogen (secondary N) is 1. The van der Waals surface area contributed by atoms with Crippen molar-refractivity contribution in [3.63, 3.8) is 0 Å². The Morgan fingerprint density at radius 2 is 1.87 bits per heavy atom. The Morgan fingerprint density at radius 1 is 1.13 bits per heavy atom. The van der Waals surface area contributed by atoms with Gasteiger partial charge in [0, 0.05) is 35.5 Å². The molecule has 0 aliphatic carbocycles. The van der Waals surface area contributed by atoms with Gasteiger partial charge in [-0.1, -0.05) is 12.1 Å². The van der Waals surface area contributed by atoms with Crippen LogP contribution in [0.2, 0.25) is 0 Å². The maximum Gasteiger partial charge on any atom is 0.255 e. The van der Waals surface area contributed by atoms with Gasteiger partial charge in [-0.2, -0.15) is 0 Å². The van der Waals surface area contributed by atoms with Crippen molar-refractivity contribution in [2.75, 3.05) is 12.4 Å². The zero-order valence-electron chi connectivity index (χ0n) is 12.7. The van der Waals surface area contributed by atoms with E-state index in [1.807, 2.05) is 41.8 Å². The molecule has 3 aromatic rings. The standard InChI is InChI=1S/C18H16N2O2S/c1-22-12-13-2-4-14(5-3-13)17(21)20-16-8-6-15(7-9-16)18-19-10-11-23-18/h2-11H,12H2,1H3,(H,20,21). The quantitative estimate of drug-likeness (QED) is 0.765. The van der Waals surface area contributed by atoms with Crippen molar-refractivity contribution in [1.82, 2.24) is 4.98 Å². The van der Waals surface area contributed by atoms with E-state index in [1.165, 1.54) is 0 Å². The fraction of sp³-hybridized carbons (Fsp3) is 0.111. The second-order valence-corrected chi connectivity index (χ2v) is 5.89. The van der Waals surface area contributed by atoms with Crippen molar-refractivity contribution in [2.45, 2.75) is 6.61 Å². The number of amides is 1. The van der Waals surface area contributed by atoms with Gasteiger partial charge in [0.1, 0.15) is 5.01 Å². The van der Waals surface area contributed by atoms with Gasteiger partial charge in [0.15, 0.2) is 0 Å². The highest BCUT2D eigenvalue weighted by Crippen LogP contribution is 2.23. The second-order valence-electron chi connectivity index (χ2n) is 5.00. The van der Waals surface area contributed by atoms with Crippen molar-refractivity contribution in [1.29, 1.82) is 0 Å². The number of nitrogens with zero attached hydrogens (tertiary/aromatic N) is 1. The molecule has 1 heterocycles. The summed E-state index contributed by atoms with van der Waals surface area (Å²) >= 11 is 1.59. The molecule has 0 aliphatic rings. The average molecular weight is 324 g/mol. The largest absolute Gasteiger partial charge is 0.380 e. The molecule has 0 atom stereocenters. The molecule has 3 rings (SSSR count). The molecule has 0 saturated carbocycles. The van der Waals surface area contributed by atoms with Crippen molar-refractivity contribution in [3.05, 3.63) is 71.2 Å². The number of carbonyl (C=O) groups is 1. The van der Waals surface area contributed by atoms with Gasteiger partial charge in [-0.3, -0.25) is 4.79 Å². The topological polar surface area (TPSA) is 51.2 Å². The lowest BCUT2D eigenvalue weighted by Gasteiger charge is -2.07. The molecule has 0 unspecified atom stereocenters. The molecule has 1 N–H and O–H groups in total. The molecule has 1 amide bonds. The number of thiazole rings is 1. The van der Waals surface area contributed by atoms with E-state index in [0.29, 0.717) is 12.2 Å². The van der Waals surface area contributed by atoms with Gasteiger partial charge >= 0.3 is 0 Å². The third kappa shape index (κ3) is 3.83. The molecule has 23 heavy (non-hydrogen) atoms. The highest BCUT2D eigenvalue weighted by atomic mass is 32.1. The lowest BCUT2D eigenvalue weighted by molar-refractivity contribution is 0.102. The summed E-state index contributed by atoms with van der Waals surface area (Å²) < 4.78 is 5.06. The summed E-state index contributed by atoms with van der Waals surface area (Å²) in [5.41, 5.74) is 3.46. The summed E-state index contributed by atoms with van der Waals surface area (Å²) in [5, 5.41) is 5.81. The number of ether oxygens (including phenoxy) is 1. The second kappa shape index (κ2) is 7.17. The zero-order valence-corrected chi connectivity index (χ0v) is 13.5. The number of anilines is 1. The van der Waals surface area contributed by atoms with Crippen LogP contribution in [0.15, 0.2) is 60.1 Å². The van der Waals surface area contributed by atoms with E-state index in [-0.39, 0.29) is 5.91 Å². The molecule has 5 heteroatoms. The molecule has 116 valence electrons. The van der Waals surface area contributed by atoms with Crippen LogP contribution in [0.1, 0.15) is 15.9 Å². The molecule has 0 radical (unpaired) electrons. The summed E-state index contributed by atoms with van der Waals surface area (Å²) in [5.74, 6) is -0.129. The molecule has 4 nitrogen and oxygen atoms in total. The number of hydrogen-bond acceptors (Lipinski definition) is 4. The van der Waals surface area contributed by atoms with Crippen LogP contribution in [-0.4, -0.2) is 18.0 Å². The third-order valence-electron chi connectivity index (χ3n) is 3.35. The molecule has 0 bridgehead atoms. The van der Waals surface area contributed by atoms with Crippen molar-refractivity contribution in [3.8, 4) is 10.6 Å². The Bertz CT molecular complexity index is 766. The van der Waals surface area contributed by atoms with E-state index in [2.05, 4.69) is 10.3 Å². The lowest BCUT2D eigenvalue weighted by atomic mass is 10.1. The maximum atomic E-state index is 12.2. The molecule has 0 saturated heterocycles. The smallest absolute Gasteiger partial charge is 0.255 e. The first kappa shape index (κ1) is 15.4. The molecule has 1 aromatic heterocycles. The molecule has 0 aliphatic heterocycles. The third-order valence-corrected chi connectivity index (χ3v) is 4.17. The SMILES string of the molecule is COCc1ccc(C(=O)Nc2ccc(-c3nccs3)cc2)cc1. The fourth-order valence-corrected chi connectivity index (χ4v) is 2.83. The van der Waals surface area contributed by atoms with Gasteiger partial charge in [-0.15, -0.1) is 11.3 Å². The minimum Gasteiger partial charge on any atom is -0.380 e. The van der Waals surface area contributed by atoms with Crippen molar-refractivity contribution in [2.24, 2.45) is 0 Å². The monoisotopic (exact) mass is 324 g/mol. The molecule has 0 fully saturated rings. The van der Waals surface area contributed by atoms with Gasteiger partial charge in [-0.05, 0) is 42.0 Å². The minimum atomic E-state index is -0.129. The number of carbonyl (C=O) groups excluding carboxylic acids is 1. The lowest BCUT2D eigenvalue weighted by Crippen LogP contribution is -2.11. The van der Waals surface area contributed by atoms with E-state index in [9.17, 15) is 4.79 Å². The summed E-state index contributed by atoms with van der Waals surface area (Å²) in [7, 11) is 1.65. The molecular weight excluding hydrogens is 308 g/mol. The van der Waals surface area contributed by atoms with E-state index in [0.717, 1.165) is 21.8 Å².